The number of aromatic nitrogens is 3. The Morgan fingerprint density at radius 3 is 2.46 bits per heavy atom. The lowest BCUT2D eigenvalue weighted by molar-refractivity contribution is 0.576. The lowest BCUT2D eigenvalue weighted by Gasteiger charge is -2.01. The van der Waals surface area contributed by atoms with Crippen LogP contribution >= 0.6 is 11.6 Å². The molecule has 0 saturated heterocycles. The van der Waals surface area contributed by atoms with E-state index < -0.39 is 0 Å². The molecule has 0 unspecified atom stereocenters. The van der Waals surface area contributed by atoms with E-state index in [-0.39, 0.29) is 0 Å². The molecular weight excluding hydrogens is 320 g/mol. The molecule has 1 aromatic heterocycles. The van der Waals surface area contributed by atoms with Gasteiger partial charge in [-0.3, -0.25) is 0 Å². The third-order valence-electron chi connectivity index (χ3n) is 4.14. The van der Waals surface area contributed by atoms with E-state index in [0.717, 1.165) is 34.1 Å². The SMILES string of the molecule is Clc1ccc(Cn2nc(CNC3CC3)c(-c3ccccc3)n2)cc1. The van der Waals surface area contributed by atoms with E-state index in [1.807, 2.05) is 42.5 Å². The fourth-order valence-corrected chi connectivity index (χ4v) is 2.80. The Morgan fingerprint density at radius 2 is 1.75 bits per heavy atom. The molecule has 0 amide bonds. The Labute approximate surface area is 146 Å². The maximum atomic E-state index is 5.95. The van der Waals surface area contributed by atoms with Gasteiger partial charge < -0.3 is 5.32 Å². The number of nitrogens with one attached hydrogen (secondary N) is 1. The van der Waals surface area contributed by atoms with Gasteiger partial charge in [0, 0.05) is 23.2 Å². The second-order valence-electron chi connectivity index (χ2n) is 6.17. The van der Waals surface area contributed by atoms with Crippen molar-refractivity contribution in [3.63, 3.8) is 0 Å². The molecule has 1 saturated carbocycles. The van der Waals surface area contributed by atoms with Gasteiger partial charge in [0.25, 0.3) is 0 Å². The molecule has 1 aliphatic rings. The molecule has 0 aliphatic heterocycles. The standard InChI is InChI=1S/C19H19ClN4/c20-16-8-6-14(7-9-16)13-24-22-18(12-21-17-10-11-17)19(23-24)15-4-2-1-3-5-15/h1-9,17,21H,10-13H2. The molecule has 122 valence electrons. The van der Waals surface area contributed by atoms with Crippen LogP contribution in [0, 0.1) is 0 Å². The van der Waals surface area contributed by atoms with Gasteiger partial charge in [-0.15, -0.1) is 0 Å². The highest BCUT2D eigenvalue weighted by molar-refractivity contribution is 6.30. The lowest BCUT2D eigenvalue weighted by Crippen LogP contribution is -2.16. The molecule has 1 heterocycles. The van der Waals surface area contributed by atoms with E-state index in [1.165, 1.54) is 12.8 Å². The molecule has 4 rings (SSSR count). The Kier molecular flexibility index (Phi) is 4.32. The van der Waals surface area contributed by atoms with Gasteiger partial charge in [-0.25, -0.2) is 0 Å². The average Bonchev–Trinajstić information content (AvgIpc) is 3.36. The zero-order chi connectivity index (χ0) is 16.4. The van der Waals surface area contributed by atoms with Crippen molar-refractivity contribution in [2.45, 2.75) is 32.0 Å². The van der Waals surface area contributed by atoms with Gasteiger partial charge in [-0.05, 0) is 30.5 Å². The third kappa shape index (κ3) is 3.66. The van der Waals surface area contributed by atoms with Gasteiger partial charge in [0.15, 0.2) is 0 Å². The first kappa shape index (κ1) is 15.4. The van der Waals surface area contributed by atoms with Gasteiger partial charge in [-0.1, -0.05) is 54.1 Å². The Hall–Kier alpha value is -2.17. The summed E-state index contributed by atoms with van der Waals surface area (Å²) in [7, 11) is 0. The summed E-state index contributed by atoms with van der Waals surface area (Å²) in [6.07, 6.45) is 2.53. The average molecular weight is 339 g/mol. The highest BCUT2D eigenvalue weighted by atomic mass is 35.5. The minimum atomic E-state index is 0.639. The second-order valence-corrected chi connectivity index (χ2v) is 6.61. The highest BCUT2D eigenvalue weighted by Crippen LogP contribution is 2.23. The van der Waals surface area contributed by atoms with Gasteiger partial charge in [-0.2, -0.15) is 15.0 Å². The topological polar surface area (TPSA) is 42.7 Å². The van der Waals surface area contributed by atoms with Crippen LogP contribution in [0.3, 0.4) is 0 Å². The molecule has 0 radical (unpaired) electrons. The normalized spacial score (nSPS) is 14.0. The molecule has 1 fully saturated rings. The molecule has 0 bridgehead atoms. The summed E-state index contributed by atoms with van der Waals surface area (Å²) < 4.78 is 0. The number of halogens is 1. The number of nitrogens with zero attached hydrogens (tertiary/aromatic N) is 3. The van der Waals surface area contributed by atoms with E-state index in [2.05, 4.69) is 17.4 Å². The Morgan fingerprint density at radius 1 is 1.00 bits per heavy atom. The predicted octanol–water partition coefficient (Wildman–Crippen LogP) is 3.90. The van der Waals surface area contributed by atoms with Crippen LogP contribution < -0.4 is 5.32 Å². The van der Waals surface area contributed by atoms with E-state index in [4.69, 9.17) is 21.8 Å². The van der Waals surface area contributed by atoms with Crippen LogP contribution in [0.2, 0.25) is 5.02 Å². The van der Waals surface area contributed by atoms with Gasteiger partial charge >= 0.3 is 0 Å². The second kappa shape index (κ2) is 6.75. The molecule has 4 nitrogen and oxygen atoms in total. The van der Waals surface area contributed by atoms with Gasteiger partial charge in [0.05, 0.1) is 6.54 Å². The van der Waals surface area contributed by atoms with E-state index >= 15 is 0 Å². The number of hydrogen-bond donors (Lipinski definition) is 1. The number of benzene rings is 2. The fourth-order valence-electron chi connectivity index (χ4n) is 2.67. The van der Waals surface area contributed by atoms with Crippen LogP contribution in [-0.2, 0) is 13.1 Å². The smallest absolute Gasteiger partial charge is 0.117 e. The maximum Gasteiger partial charge on any atom is 0.117 e. The van der Waals surface area contributed by atoms with E-state index in [9.17, 15) is 0 Å². The lowest BCUT2D eigenvalue weighted by atomic mass is 10.1. The molecule has 2 aromatic carbocycles. The molecule has 1 N–H and O–H groups in total. The minimum absolute atomic E-state index is 0.639. The monoisotopic (exact) mass is 338 g/mol. The zero-order valence-electron chi connectivity index (χ0n) is 13.3. The minimum Gasteiger partial charge on any atom is -0.308 e. The molecule has 5 heteroatoms. The van der Waals surface area contributed by atoms with Crippen LogP contribution in [0.5, 0.6) is 0 Å². The summed E-state index contributed by atoms with van der Waals surface area (Å²) >= 11 is 5.95. The van der Waals surface area contributed by atoms with Gasteiger partial charge in [0.1, 0.15) is 11.4 Å². The van der Waals surface area contributed by atoms with Crippen LogP contribution in [0.25, 0.3) is 11.3 Å². The van der Waals surface area contributed by atoms with Crippen LogP contribution in [-0.4, -0.2) is 21.0 Å². The quantitative estimate of drug-likeness (QED) is 0.741. The first-order chi connectivity index (χ1) is 11.8. The molecule has 0 atom stereocenters. The summed E-state index contributed by atoms with van der Waals surface area (Å²) in [6.45, 7) is 1.40. The van der Waals surface area contributed by atoms with Crippen LogP contribution in [0.15, 0.2) is 54.6 Å². The predicted molar refractivity (Wildman–Crippen MR) is 95.9 cm³/mol. The Balaban J connectivity index is 1.61. The molecular formula is C19H19ClN4. The van der Waals surface area contributed by atoms with Crippen molar-refractivity contribution in [3.8, 4) is 11.3 Å². The Bertz CT molecular complexity index is 807. The summed E-state index contributed by atoms with van der Waals surface area (Å²) in [4.78, 5) is 1.77. The third-order valence-corrected chi connectivity index (χ3v) is 4.40. The molecule has 1 aliphatic carbocycles. The van der Waals surface area contributed by atoms with Crippen LogP contribution in [0.4, 0.5) is 0 Å². The van der Waals surface area contributed by atoms with Crippen molar-refractivity contribution in [1.82, 2.24) is 20.3 Å². The van der Waals surface area contributed by atoms with Crippen molar-refractivity contribution in [3.05, 3.63) is 70.9 Å². The molecule has 24 heavy (non-hydrogen) atoms. The highest BCUT2D eigenvalue weighted by Gasteiger charge is 2.22. The largest absolute Gasteiger partial charge is 0.308 e. The van der Waals surface area contributed by atoms with Crippen molar-refractivity contribution >= 4 is 11.6 Å². The van der Waals surface area contributed by atoms with E-state index in [1.54, 1.807) is 4.80 Å². The summed E-state index contributed by atoms with van der Waals surface area (Å²) in [6, 6.07) is 18.7. The van der Waals surface area contributed by atoms with Gasteiger partial charge in [0.2, 0.25) is 0 Å². The van der Waals surface area contributed by atoms with Crippen LogP contribution in [0.1, 0.15) is 24.1 Å². The van der Waals surface area contributed by atoms with E-state index in [0.29, 0.717) is 12.6 Å². The summed E-state index contributed by atoms with van der Waals surface area (Å²) in [5, 5.41) is 13.7. The van der Waals surface area contributed by atoms with Crippen molar-refractivity contribution in [2.75, 3.05) is 0 Å². The maximum absolute atomic E-state index is 5.95. The summed E-state index contributed by atoms with van der Waals surface area (Å²) in [5.41, 5.74) is 4.20. The van der Waals surface area contributed by atoms with Crippen molar-refractivity contribution < 1.29 is 0 Å². The van der Waals surface area contributed by atoms with Crippen molar-refractivity contribution in [2.24, 2.45) is 0 Å². The number of hydrogen-bond acceptors (Lipinski definition) is 3. The zero-order valence-corrected chi connectivity index (χ0v) is 14.1. The fraction of sp³-hybridized carbons (Fsp3) is 0.263. The summed E-state index contributed by atoms with van der Waals surface area (Å²) in [5.74, 6) is 0. The molecule has 0 spiro atoms. The van der Waals surface area contributed by atoms with Crippen molar-refractivity contribution in [1.29, 1.82) is 0 Å². The molecule has 3 aromatic rings. The first-order valence-corrected chi connectivity index (χ1v) is 8.63. The first-order valence-electron chi connectivity index (χ1n) is 8.25. The number of rotatable bonds is 6.